The number of hydrogen-bond donors (Lipinski definition) is 0. The van der Waals surface area contributed by atoms with Crippen LogP contribution in [0.1, 0.15) is 25.3 Å². The van der Waals surface area contributed by atoms with E-state index in [2.05, 4.69) is 75.2 Å². The largest absolute Gasteiger partial charge is 0.494 e. The van der Waals surface area contributed by atoms with Crippen molar-refractivity contribution in [2.24, 2.45) is 0 Å². The molecule has 0 N–H and O–H groups in total. The van der Waals surface area contributed by atoms with Crippen LogP contribution < -0.4 is 9.64 Å². The maximum Gasteiger partial charge on any atom is 0.225 e. The number of aromatic nitrogens is 2. The Kier molecular flexibility index (Phi) is 6.60. The van der Waals surface area contributed by atoms with Gasteiger partial charge in [0.25, 0.3) is 0 Å². The summed E-state index contributed by atoms with van der Waals surface area (Å²) in [6, 6.07) is 15.3. The lowest BCUT2D eigenvalue weighted by Crippen LogP contribution is -2.33. The van der Waals surface area contributed by atoms with Crippen LogP contribution in [0.2, 0.25) is 0 Å². The van der Waals surface area contributed by atoms with Gasteiger partial charge < -0.3 is 9.64 Å². The van der Waals surface area contributed by atoms with Gasteiger partial charge in [-0.3, -0.25) is 4.90 Å². The third-order valence-corrected chi connectivity index (χ3v) is 5.85. The van der Waals surface area contributed by atoms with Crippen LogP contribution in [0.4, 0.5) is 5.95 Å². The maximum absolute atomic E-state index is 5.15. The first kappa shape index (κ1) is 20.4. The minimum absolute atomic E-state index is 0.692. The Morgan fingerprint density at radius 1 is 1.07 bits per heavy atom. The molecule has 0 radical (unpaired) electrons. The normalized spacial score (nSPS) is 14.5. The summed E-state index contributed by atoms with van der Waals surface area (Å²) in [6.07, 6.45) is 8.08. The average Bonchev–Trinajstić information content (AvgIpc) is 2.82. The summed E-state index contributed by atoms with van der Waals surface area (Å²) in [5, 5.41) is 2.68. The Bertz CT molecular complexity index is 994. The second kappa shape index (κ2) is 9.72. The average molecular weight is 403 g/mol. The molecule has 0 amide bonds. The van der Waals surface area contributed by atoms with Crippen LogP contribution in [0.25, 0.3) is 16.3 Å². The van der Waals surface area contributed by atoms with Crippen molar-refractivity contribution in [1.29, 1.82) is 0 Å². The molecule has 2 aromatic carbocycles. The number of fused-ring (bicyclic) bond motifs is 1. The molecule has 1 aromatic heterocycles. The van der Waals surface area contributed by atoms with Crippen LogP contribution >= 0.6 is 0 Å². The summed E-state index contributed by atoms with van der Waals surface area (Å²) in [4.78, 5) is 13.6. The summed E-state index contributed by atoms with van der Waals surface area (Å²) in [7, 11) is 1.63. The molecule has 0 saturated carbocycles. The monoisotopic (exact) mass is 402 g/mol. The van der Waals surface area contributed by atoms with Gasteiger partial charge in [-0.05, 0) is 41.7 Å². The van der Waals surface area contributed by atoms with Gasteiger partial charge in [-0.2, -0.15) is 0 Å². The minimum Gasteiger partial charge on any atom is -0.494 e. The lowest BCUT2D eigenvalue weighted by atomic mass is 9.94. The van der Waals surface area contributed by atoms with E-state index in [-0.39, 0.29) is 0 Å². The molecule has 1 aliphatic rings. The van der Waals surface area contributed by atoms with Gasteiger partial charge in [0.05, 0.1) is 19.5 Å². The zero-order chi connectivity index (χ0) is 20.8. The molecule has 2 heterocycles. The molecule has 5 heteroatoms. The molecule has 0 bridgehead atoms. The first-order valence-corrected chi connectivity index (χ1v) is 10.8. The minimum atomic E-state index is 0.692. The Labute approximate surface area is 179 Å². The number of methoxy groups -OCH3 is 1. The van der Waals surface area contributed by atoms with Crippen LogP contribution in [0.15, 0.2) is 60.9 Å². The molecule has 0 saturated heterocycles. The quantitative estimate of drug-likeness (QED) is 0.549. The third-order valence-electron chi connectivity index (χ3n) is 5.85. The molecular formula is C25H30N4O. The zero-order valence-electron chi connectivity index (χ0n) is 17.9. The summed E-state index contributed by atoms with van der Waals surface area (Å²) < 4.78 is 5.15. The molecule has 0 spiro atoms. The van der Waals surface area contributed by atoms with Crippen molar-refractivity contribution < 1.29 is 4.74 Å². The van der Waals surface area contributed by atoms with Gasteiger partial charge in [0.15, 0.2) is 5.75 Å². The third kappa shape index (κ3) is 4.62. The lowest BCUT2D eigenvalue weighted by Gasteiger charge is -2.28. The van der Waals surface area contributed by atoms with Gasteiger partial charge in [-0.15, -0.1) is 0 Å². The molecule has 3 aromatic rings. The molecule has 0 unspecified atom stereocenters. The smallest absolute Gasteiger partial charge is 0.225 e. The standard InChI is InChI=1S/C25H30N4O/c1-3-29(25-26-18-22(30-2)19-27-25)15-7-14-28-16-12-21(13-17-28)24-11-6-9-20-8-4-5-10-23(20)24/h4-6,8-12,18-19H,3,7,13-17H2,1-2H3. The van der Waals surface area contributed by atoms with Gasteiger partial charge in [-0.25, -0.2) is 9.97 Å². The van der Waals surface area contributed by atoms with E-state index in [1.807, 2.05) is 0 Å². The molecule has 1 aliphatic heterocycles. The number of anilines is 1. The van der Waals surface area contributed by atoms with Crippen molar-refractivity contribution in [2.45, 2.75) is 19.8 Å². The van der Waals surface area contributed by atoms with Crippen LogP contribution in [0.5, 0.6) is 5.75 Å². The number of hydrogen-bond acceptors (Lipinski definition) is 5. The molecule has 30 heavy (non-hydrogen) atoms. The molecule has 4 rings (SSSR count). The van der Waals surface area contributed by atoms with Gasteiger partial charge in [0, 0.05) is 32.7 Å². The van der Waals surface area contributed by atoms with E-state index >= 15 is 0 Å². The van der Waals surface area contributed by atoms with Crippen LogP contribution in [0.3, 0.4) is 0 Å². The van der Waals surface area contributed by atoms with Crippen LogP contribution in [-0.2, 0) is 0 Å². The highest BCUT2D eigenvalue weighted by Crippen LogP contribution is 2.29. The second-order valence-electron chi connectivity index (χ2n) is 7.66. The highest BCUT2D eigenvalue weighted by atomic mass is 16.5. The van der Waals surface area contributed by atoms with Gasteiger partial charge in [0.1, 0.15) is 0 Å². The summed E-state index contributed by atoms with van der Waals surface area (Å²) in [5.41, 5.74) is 2.87. The Hall–Kier alpha value is -2.92. The molecular weight excluding hydrogens is 372 g/mol. The van der Waals surface area contributed by atoms with E-state index in [0.717, 1.165) is 51.5 Å². The predicted octanol–water partition coefficient (Wildman–Crippen LogP) is 4.64. The van der Waals surface area contributed by atoms with Crippen LogP contribution in [0, 0.1) is 0 Å². The first-order chi connectivity index (χ1) is 14.8. The Morgan fingerprint density at radius 2 is 1.87 bits per heavy atom. The van der Waals surface area contributed by atoms with Gasteiger partial charge >= 0.3 is 0 Å². The predicted molar refractivity (Wildman–Crippen MR) is 124 cm³/mol. The highest BCUT2D eigenvalue weighted by Gasteiger charge is 2.15. The number of nitrogens with zero attached hydrogens (tertiary/aromatic N) is 4. The van der Waals surface area contributed by atoms with Gasteiger partial charge in [-0.1, -0.05) is 48.5 Å². The molecule has 5 nitrogen and oxygen atoms in total. The second-order valence-corrected chi connectivity index (χ2v) is 7.66. The molecule has 0 aliphatic carbocycles. The van der Waals surface area contributed by atoms with Crippen molar-refractivity contribution in [2.75, 3.05) is 44.7 Å². The van der Waals surface area contributed by atoms with E-state index in [0.29, 0.717) is 5.75 Å². The fourth-order valence-corrected chi connectivity index (χ4v) is 4.13. The topological polar surface area (TPSA) is 41.5 Å². The SMILES string of the molecule is CCN(CCCN1CC=C(c2cccc3ccccc23)CC1)c1ncc(OC)cn1. The van der Waals surface area contributed by atoms with E-state index in [1.165, 1.54) is 21.9 Å². The summed E-state index contributed by atoms with van der Waals surface area (Å²) in [5.74, 6) is 1.46. The fraction of sp³-hybridized carbons (Fsp3) is 0.360. The Morgan fingerprint density at radius 3 is 2.60 bits per heavy atom. The maximum atomic E-state index is 5.15. The van der Waals surface area contributed by atoms with Crippen LogP contribution in [-0.4, -0.2) is 54.7 Å². The number of benzene rings is 2. The van der Waals surface area contributed by atoms with Crippen molar-refractivity contribution in [1.82, 2.24) is 14.9 Å². The fourth-order valence-electron chi connectivity index (χ4n) is 4.13. The Balaban J connectivity index is 1.32. The number of ether oxygens (including phenoxy) is 1. The van der Waals surface area contributed by atoms with E-state index in [1.54, 1.807) is 19.5 Å². The van der Waals surface area contributed by atoms with Crippen molar-refractivity contribution >= 4 is 22.3 Å². The van der Waals surface area contributed by atoms with E-state index in [9.17, 15) is 0 Å². The van der Waals surface area contributed by atoms with Crippen molar-refractivity contribution in [3.8, 4) is 5.75 Å². The molecule has 156 valence electrons. The van der Waals surface area contributed by atoms with E-state index in [4.69, 9.17) is 4.74 Å². The molecule has 0 atom stereocenters. The summed E-state index contributed by atoms with van der Waals surface area (Å²) in [6.45, 7) is 7.22. The zero-order valence-corrected chi connectivity index (χ0v) is 17.9. The summed E-state index contributed by atoms with van der Waals surface area (Å²) >= 11 is 0. The van der Waals surface area contributed by atoms with Gasteiger partial charge in [0.2, 0.25) is 5.95 Å². The van der Waals surface area contributed by atoms with Crippen molar-refractivity contribution in [3.05, 3.63) is 66.5 Å². The lowest BCUT2D eigenvalue weighted by molar-refractivity contribution is 0.298. The van der Waals surface area contributed by atoms with E-state index < -0.39 is 0 Å². The molecule has 0 fully saturated rings. The first-order valence-electron chi connectivity index (χ1n) is 10.8. The highest BCUT2D eigenvalue weighted by molar-refractivity contribution is 5.94. The number of rotatable bonds is 8. The van der Waals surface area contributed by atoms with Crippen molar-refractivity contribution in [3.63, 3.8) is 0 Å².